The summed E-state index contributed by atoms with van der Waals surface area (Å²) < 4.78 is 0. The lowest BCUT2D eigenvalue weighted by atomic mass is 10.2. The van der Waals surface area contributed by atoms with E-state index in [1.54, 1.807) is 18.2 Å². The predicted octanol–water partition coefficient (Wildman–Crippen LogP) is 3.51. The highest BCUT2D eigenvalue weighted by atomic mass is 35.5. The zero-order chi connectivity index (χ0) is 15.1. The lowest BCUT2D eigenvalue weighted by Crippen LogP contribution is -2.25. The fraction of sp³-hybridized carbons (Fsp3) is 0.200. The number of hydrogen-bond acceptors (Lipinski definition) is 4. The van der Waals surface area contributed by atoms with Crippen molar-refractivity contribution in [1.82, 2.24) is 5.32 Å². The molecule has 108 valence electrons. The summed E-state index contributed by atoms with van der Waals surface area (Å²) in [6.07, 6.45) is 0.800. The van der Waals surface area contributed by atoms with Crippen LogP contribution < -0.4 is 10.6 Å². The largest absolute Gasteiger partial charge is 0.385 e. The van der Waals surface area contributed by atoms with Crippen LogP contribution in [0.3, 0.4) is 0 Å². The summed E-state index contributed by atoms with van der Waals surface area (Å²) in [7, 11) is 0. The summed E-state index contributed by atoms with van der Waals surface area (Å²) in [6, 6.07) is 10.9. The Morgan fingerprint density at radius 1 is 1.33 bits per heavy atom. The number of thiophene rings is 1. The highest BCUT2D eigenvalue weighted by Crippen LogP contribution is 2.19. The second-order valence-corrected chi connectivity index (χ2v) is 5.67. The lowest BCUT2D eigenvalue weighted by Gasteiger charge is -2.08. The number of nitrogens with zero attached hydrogens (tertiary/aromatic N) is 1. The quantitative estimate of drug-likeness (QED) is 0.801. The van der Waals surface area contributed by atoms with Crippen molar-refractivity contribution >= 4 is 34.5 Å². The summed E-state index contributed by atoms with van der Waals surface area (Å²) >= 11 is 7.38. The Morgan fingerprint density at radius 3 is 2.86 bits per heavy atom. The highest BCUT2D eigenvalue weighted by molar-refractivity contribution is 7.12. The van der Waals surface area contributed by atoms with Gasteiger partial charge in [0.2, 0.25) is 0 Å². The third kappa shape index (κ3) is 4.48. The van der Waals surface area contributed by atoms with Crippen LogP contribution in [0.5, 0.6) is 0 Å². The molecule has 0 aliphatic rings. The molecule has 0 fully saturated rings. The summed E-state index contributed by atoms with van der Waals surface area (Å²) in [6.45, 7) is 1.32. The maximum Gasteiger partial charge on any atom is 0.261 e. The Morgan fingerprint density at radius 2 is 2.19 bits per heavy atom. The number of benzene rings is 1. The number of nitriles is 1. The molecule has 0 bridgehead atoms. The Balaban J connectivity index is 1.69. The molecule has 0 unspecified atom stereocenters. The molecule has 1 heterocycles. The molecule has 0 aliphatic carbocycles. The maximum absolute atomic E-state index is 11.7. The van der Waals surface area contributed by atoms with E-state index in [0.717, 1.165) is 17.0 Å². The van der Waals surface area contributed by atoms with Gasteiger partial charge in [-0.2, -0.15) is 5.26 Å². The van der Waals surface area contributed by atoms with Crippen molar-refractivity contribution in [3.05, 3.63) is 51.2 Å². The minimum absolute atomic E-state index is 0.0357. The number of amides is 1. The molecule has 1 amide bonds. The van der Waals surface area contributed by atoms with Gasteiger partial charge in [-0.1, -0.05) is 17.7 Å². The first-order valence-corrected chi connectivity index (χ1v) is 7.71. The topological polar surface area (TPSA) is 64.9 Å². The second kappa shape index (κ2) is 7.67. The predicted molar refractivity (Wildman–Crippen MR) is 85.9 cm³/mol. The van der Waals surface area contributed by atoms with Gasteiger partial charge in [-0.25, -0.2) is 0 Å². The van der Waals surface area contributed by atoms with E-state index in [1.165, 1.54) is 11.3 Å². The van der Waals surface area contributed by atoms with E-state index < -0.39 is 0 Å². The Kier molecular flexibility index (Phi) is 5.61. The molecule has 2 rings (SSSR count). The van der Waals surface area contributed by atoms with Gasteiger partial charge in [0.05, 0.1) is 15.5 Å². The van der Waals surface area contributed by atoms with Gasteiger partial charge in [0.1, 0.15) is 6.07 Å². The van der Waals surface area contributed by atoms with E-state index in [2.05, 4.69) is 10.6 Å². The molecule has 6 heteroatoms. The summed E-state index contributed by atoms with van der Waals surface area (Å²) in [4.78, 5) is 12.4. The van der Waals surface area contributed by atoms with Crippen molar-refractivity contribution in [3.63, 3.8) is 0 Å². The summed E-state index contributed by atoms with van der Waals surface area (Å²) in [5.41, 5.74) is 1.33. The molecule has 0 spiro atoms. The second-order valence-electron chi connectivity index (χ2n) is 4.32. The highest BCUT2D eigenvalue weighted by Gasteiger charge is 2.04. The normalized spacial score (nSPS) is 9.90. The van der Waals surface area contributed by atoms with Crippen LogP contribution in [-0.4, -0.2) is 19.0 Å². The van der Waals surface area contributed by atoms with Crippen molar-refractivity contribution in [1.29, 1.82) is 5.26 Å². The standard InChI is InChI=1S/C15H14ClN3OS/c16-13-9-12(5-4-11(13)10-17)18-6-2-7-19-15(20)14-3-1-8-21-14/h1,3-5,8-9,18H,2,6-7H2,(H,19,20). The van der Waals surface area contributed by atoms with Gasteiger partial charge in [-0.15, -0.1) is 11.3 Å². The van der Waals surface area contributed by atoms with Crippen molar-refractivity contribution in [2.24, 2.45) is 0 Å². The van der Waals surface area contributed by atoms with Crippen LogP contribution in [0.4, 0.5) is 5.69 Å². The molecule has 0 saturated heterocycles. The van der Waals surface area contributed by atoms with Crippen molar-refractivity contribution < 1.29 is 4.79 Å². The zero-order valence-electron chi connectivity index (χ0n) is 11.2. The number of carbonyl (C=O) groups is 1. The number of rotatable bonds is 6. The van der Waals surface area contributed by atoms with Gasteiger partial charge in [0.15, 0.2) is 0 Å². The SMILES string of the molecule is N#Cc1ccc(NCCCNC(=O)c2cccs2)cc1Cl. The van der Waals surface area contributed by atoms with Crippen LogP contribution in [0.1, 0.15) is 21.7 Å². The van der Waals surface area contributed by atoms with Crippen LogP contribution in [0.2, 0.25) is 5.02 Å². The molecule has 1 aromatic carbocycles. The third-order valence-electron chi connectivity index (χ3n) is 2.80. The van der Waals surface area contributed by atoms with Gasteiger partial charge < -0.3 is 10.6 Å². The first kappa shape index (κ1) is 15.4. The average molecular weight is 320 g/mol. The molecule has 4 nitrogen and oxygen atoms in total. The summed E-state index contributed by atoms with van der Waals surface area (Å²) in [5.74, 6) is -0.0357. The van der Waals surface area contributed by atoms with Crippen molar-refractivity contribution in [2.45, 2.75) is 6.42 Å². The Bertz CT molecular complexity index is 649. The van der Waals surface area contributed by atoms with Crippen LogP contribution in [0.25, 0.3) is 0 Å². The van der Waals surface area contributed by atoms with Crippen molar-refractivity contribution in [3.8, 4) is 6.07 Å². The molecule has 1 aromatic heterocycles. The minimum Gasteiger partial charge on any atom is -0.385 e. The van der Waals surface area contributed by atoms with Crippen molar-refractivity contribution in [2.75, 3.05) is 18.4 Å². The fourth-order valence-corrected chi connectivity index (χ4v) is 2.60. The number of hydrogen-bond donors (Lipinski definition) is 2. The first-order valence-electron chi connectivity index (χ1n) is 6.46. The van der Waals surface area contributed by atoms with Gasteiger partial charge in [-0.05, 0) is 36.1 Å². The first-order chi connectivity index (χ1) is 10.2. The molecule has 2 N–H and O–H groups in total. The van der Waals surface area contributed by atoms with Crippen LogP contribution in [0.15, 0.2) is 35.7 Å². The van der Waals surface area contributed by atoms with E-state index in [0.29, 0.717) is 23.7 Å². The average Bonchev–Trinajstić information content (AvgIpc) is 3.01. The van der Waals surface area contributed by atoms with Gasteiger partial charge in [0.25, 0.3) is 5.91 Å². The van der Waals surface area contributed by atoms with E-state index in [1.807, 2.05) is 23.6 Å². The Hall–Kier alpha value is -2.03. The van der Waals surface area contributed by atoms with E-state index in [-0.39, 0.29) is 5.91 Å². The summed E-state index contributed by atoms with van der Waals surface area (Å²) in [5, 5.41) is 17.2. The van der Waals surface area contributed by atoms with E-state index in [4.69, 9.17) is 16.9 Å². The van der Waals surface area contributed by atoms with E-state index >= 15 is 0 Å². The molecule has 0 atom stereocenters. The number of halogens is 1. The fourth-order valence-electron chi connectivity index (χ4n) is 1.73. The van der Waals surface area contributed by atoms with E-state index in [9.17, 15) is 4.79 Å². The monoisotopic (exact) mass is 319 g/mol. The molecule has 21 heavy (non-hydrogen) atoms. The zero-order valence-corrected chi connectivity index (χ0v) is 12.8. The van der Waals surface area contributed by atoms with Gasteiger partial charge in [-0.3, -0.25) is 4.79 Å². The Labute approximate surface area is 132 Å². The van der Waals surface area contributed by atoms with Crippen LogP contribution >= 0.6 is 22.9 Å². The lowest BCUT2D eigenvalue weighted by molar-refractivity contribution is 0.0957. The van der Waals surface area contributed by atoms with Crippen LogP contribution in [0, 0.1) is 11.3 Å². The smallest absolute Gasteiger partial charge is 0.261 e. The molecular formula is C15H14ClN3OS. The maximum atomic E-state index is 11.7. The molecule has 0 radical (unpaired) electrons. The number of carbonyl (C=O) groups excluding carboxylic acids is 1. The van der Waals surface area contributed by atoms with Gasteiger partial charge >= 0.3 is 0 Å². The van der Waals surface area contributed by atoms with Crippen LogP contribution in [-0.2, 0) is 0 Å². The molecule has 2 aromatic rings. The number of anilines is 1. The minimum atomic E-state index is -0.0357. The molecular weight excluding hydrogens is 306 g/mol. The molecule has 0 saturated carbocycles. The van der Waals surface area contributed by atoms with Gasteiger partial charge in [0, 0.05) is 18.8 Å². The third-order valence-corrected chi connectivity index (χ3v) is 3.98. The number of nitrogens with one attached hydrogen (secondary N) is 2. The molecule has 0 aliphatic heterocycles.